The molecule has 1 N–H and O–H groups in total. The van der Waals surface area contributed by atoms with Gasteiger partial charge in [0.1, 0.15) is 12.3 Å². The minimum atomic E-state index is 0. The molecule has 0 saturated carbocycles. The van der Waals surface area contributed by atoms with Gasteiger partial charge in [0.2, 0.25) is 5.91 Å². The predicted octanol–water partition coefficient (Wildman–Crippen LogP) is 3.20. The van der Waals surface area contributed by atoms with Crippen LogP contribution in [0.2, 0.25) is 0 Å². The second-order valence-electron chi connectivity index (χ2n) is 7.23. The van der Waals surface area contributed by atoms with Crippen molar-refractivity contribution in [3.63, 3.8) is 0 Å². The van der Waals surface area contributed by atoms with Gasteiger partial charge in [-0.2, -0.15) is 5.10 Å². The molecular formula is C22H27IN6O2S. The van der Waals surface area contributed by atoms with Gasteiger partial charge in [0.25, 0.3) is 0 Å². The van der Waals surface area contributed by atoms with Gasteiger partial charge in [-0.25, -0.2) is 0 Å². The van der Waals surface area contributed by atoms with Gasteiger partial charge in [-0.05, 0) is 42.0 Å². The average Bonchev–Trinajstić information content (AvgIpc) is 3.43. The van der Waals surface area contributed by atoms with Crippen LogP contribution >= 0.6 is 35.3 Å². The van der Waals surface area contributed by atoms with Crippen LogP contribution in [0.4, 0.5) is 5.69 Å². The molecule has 3 heterocycles. The van der Waals surface area contributed by atoms with E-state index in [0.29, 0.717) is 19.6 Å². The molecule has 2 aromatic heterocycles. The topological polar surface area (TPSA) is 75.0 Å². The molecule has 0 aliphatic carbocycles. The number of hydrogen-bond acceptors (Lipinski definition) is 5. The number of nitrogens with zero attached hydrogens (tertiary/aromatic N) is 5. The minimum Gasteiger partial charge on any atom is -0.497 e. The molecule has 1 aliphatic rings. The molecule has 0 unspecified atom stereocenters. The van der Waals surface area contributed by atoms with Gasteiger partial charge in [-0.15, -0.1) is 35.3 Å². The second-order valence-corrected chi connectivity index (χ2v) is 8.40. The molecule has 0 spiro atoms. The van der Waals surface area contributed by atoms with E-state index in [1.807, 2.05) is 30.3 Å². The summed E-state index contributed by atoms with van der Waals surface area (Å²) in [6, 6.07) is 12.3. The number of anilines is 1. The zero-order valence-corrected chi connectivity index (χ0v) is 21.5. The molecule has 1 fully saturated rings. The lowest BCUT2D eigenvalue weighted by molar-refractivity contribution is -0.120. The Morgan fingerprint density at radius 3 is 2.62 bits per heavy atom. The Kier molecular flexibility index (Phi) is 8.13. The largest absolute Gasteiger partial charge is 0.497 e. The predicted molar refractivity (Wildman–Crippen MR) is 139 cm³/mol. The van der Waals surface area contributed by atoms with E-state index >= 15 is 0 Å². The van der Waals surface area contributed by atoms with Crippen molar-refractivity contribution < 1.29 is 9.53 Å². The molecule has 170 valence electrons. The first-order chi connectivity index (χ1) is 15.1. The number of hydrogen-bond donors (Lipinski definition) is 1. The van der Waals surface area contributed by atoms with Gasteiger partial charge < -0.3 is 19.9 Å². The SMILES string of the molecule is CN=C(NCc1ccc(-c2ccc(OC)cc2)s1)N1CCN(c2cnn(C)c2)C(=O)C1.I. The molecule has 0 radical (unpaired) electrons. The maximum absolute atomic E-state index is 12.7. The molecule has 1 aliphatic heterocycles. The molecule has 1 amide bonds. The number of aromatic nitrogens is 2. The van der Waals surface area contributed by atoms with Crippen molar-refractivity contribution in [1.29, 1.82) is 0 Å². The third-order valence-electron chi connectivity index (χ3n) is 5.19. The highest BCUT2D eigenvalue weighted by atomic mass is 127. The van der Waals surface area contributed by atoms with Crippen molar-refractivity contribution in [2.75, 3.05) is 38.7 Å². The maximum Gasteiger partial charge on any atom is 0.246 e. The zero-order valence-electron chi connectivity index (χ0n) is 18.3. The monoisotopic (exact) mass is 566 g/mol. The molecule has 1 saturated heterocycles. The number of halogens is 1. The summed E-state index contributed by atoms with van der Waals surface area (Å²) >= 11 is 1.74. The number of carbonyl (C=O) groups is 1. The number of carbonyl (C=O) groups excluding carboxylic acids is 1. The van der Waals surface area contributed by atoms with Gasteiger partial charge in [-0.3, -0.25) is 14.5 Å². The van der Waals surface area contributed by atoms with E-state index in [1.165, 1.54) is 15.3 Å². The molecule has 4 rings (SSSR count). The summed E-state index contributed by atoms with van der Waals surface area (Å²) in [6.45, 7) is 2.26. The summed E-state index contributed by atoms with van der Waals surface area (Å²) in [5.74, 6) is 1.63. The van der Waals surface area contributed by atoms with Crippen LogP contribution in [-0.4, -0.2) is 60.3 Å². The lowest BCUT2D eigenvalue weighted by atomic mass is 10.2. The third kappa shape index (κ3) is 5.41. The van der Waals surface area contributed by atoms with E-state index in [0.717, 1.165) is 17.4 Å². The van der Waals surface area contributed by atoms with Gasteiger partial charge in [0.05, 0.1) is 25.5 Å². The van der Waals surface area contributed by atoms with E-state index < -0.39 is 0 Å². The molecule has 0 atom stereocenters. The highest BCUT2D eigenvalue weighted by Crippen LogP contribution is 2.29. The number of ether oxygens (including phenoxy) is 1. The van der Waals surface area contributed by atoms with Crippen LogP contribution in [-0.2, 0) is 18.4 Å². The van der Waals surface area contributed by atoms with Gasteiger partial charge in [0.15, 0.2) is 5.96 Å². The van der Waals surface area contributed by atoms with Crippen molar-refractivity contribution in [2.24, 2.45) is 12.0 Å². The molecule has 1 aromatic carbocycles. The van der Waals surface area contributed by atoms with Crippen molar-refractivity contribution >= 4 is 52.9 Å². The Bertz CT molecular complexity index is 1080. The zero-order chi connectivity index (χ0) is 21.8. The number of thiophene rings is 1. The summed E-state index contributed by atoms with van der Waals surface area (Å²) in [4.78, 5) is 23.2. The quantitative estimate of drug-likeness (QED) is 0.292. The smallest absolute Gasteiger partial charge is 0.246 e. The molecule has 32 heavy (non-hydrogen) atoms. The number of aryl methyl sites for hydroxylation is 1. The van der Waals surface area contributed by atoms with Gasteiger partial charge in [-0.1, -0.05) is 0 Å². The lowest BCUT2D eigenvalue weighted by Crippen LogP contribution is -2.55. The van der Waals surface area contributed by atoms with Gasteiger partial charge in [0, 0.05) is 43.1 Å². The molecule has 8 nitrogen and oxygen atoms in total. The first-order valence-electron chi connectivity index (χ1n) is 10.0. The summed E-state index contributed by atoms with van der Waals surface area (Å²) in [6.07, 6.45) is 3.58. The molecule has 3 aromatic rings. The van der Waals surface area contributed by atoms with E-state index in [9.17, 15) is 4.79 Å². The standard InChI is InChI=1S/C22H26N6O2S.HI/c1-23-22(27-10-11-28(21(29)15-27)17-12-25-26(2)14-17)24-13-19-8-9-20(31-19)16-4-6-18(30-3)7-5-16;/h4-9,12,14H,10-11,13,15H2,1-3H3,(H,23,24);1H. The highest BCUT2D eigenvalue weighted by molar-refractivity contribution is 14.0. The van der Waals surface area contributed by atoms with E-state index in [-0.39, 0.29) is 36.4 Å². The minimum absolute atomic E-state index is 0. The van der Waals surface area contributed by atoms with E-state index in [2.05, 4.69) is 39.7 Å². The van der Waals surface area contributed by atoms with Crippen LogP contribution in [0.25, 0.3) is 10.4 Å². The number of amides is 1. The highest BCUT2D eigenvalue weighted by Gasteiger charge is 2.27. The van der Waals surface area contributed by atoms with Crippen LogP contribution in [0, 0.1) is 0 Å². The number of benzene rings is 1. The normalized spacial score (nSPS) is 14.3. The van der Waals surface area contributed by atoms with Crippen molar-refractivity contribution in [3.05, 3.63) is 53.7 Å². The van der Waals surface area contributed by atoms with Crippen LogP contribution in [0.1, 0.15) is 4.88 Å². The van der Waals surface area contributed by atoms with Crippen LogP contribution < -0.4 is 15.0 Å². The van der Waals surface area contributed by atoms with Crippen molar-refractivity contribution in [2.45, 2.75) is 6.54 Å². The Balaban J connectivity index is 0.00000289. The second kappa shape index (κ2) is 10.8. The fourth-order valence-corrected chi connectivity index (χ4v) is 4.51. The number of rotatable bonds is 5. The molecule has 0 bridgehead atoms. The maximum atomic E-state index is 12.7. The van der Waals surface area contributed by atoms with E-state index in [1.54, 1.807) is 41.3 Å². The van der Waals surface area contributed by atoms with Gasteiger partial charge >= 0.3 is 0 Å². The van der Waals surface area contributed by atoms with Crippen LogP contribution in [0.15, 0.2) is 53.8 Å². The first kappa shape index (κ1) is 24.1. The molecular weight excluding hydrogens is 539 g/mol. The fourth-order valence-electron chi connectivity index (χ4n) is 3.56. The number of piperazine rings is 1. The number of aliphatic imine (C=N–C) groups is 1. The Morgan fingerprint density at radius 2 is 2.00 bits per heavy atom. The summed E-state index contributed by atoms with van der Waals surface area (Å²) in [5, 5.41) is 7.56. The van der Waals surface area contributed by atoms with Crippen LogP contribution in [0.3, 0.4) is 0 Å². The summed E-state index contributed by atoms with van der Waals surface area (Å²) < 4.78 is 6.94. The van der Waals surface area contributed by atoms with Crippen molar-refractivity contribution in [1.82, 2.24) is 20.0 Å². The summed E-state index contributed by atoms with van der Waals surface area (Å²) in [5.41, 5.74) is 2.00. The van der Waals surface area contributed by atoms with Crippen LogP contribution in [0.5, 0.6) is 5.75 Å². The number of methoxy groups -OCH3 is 1. The third-order valence-corrected chi connectivity index (χ3v) is 6.33. The Labute approximate surface area is 208 Å². The Hall–Kier alpha value is -2.60. The molecule has 10 heteroatoms. The number of guanidine groups is 1. The van der Waals surface area contributed by atoms with E-state index in [4.69, 9.17) is 4.74 Å². The lowest BCUT2D eigenvalue weighted by Gasteiger charge is -2.35. The number of nitrogens with one attached hydrogen (secondary N) is 1. The van der Waals surface area contributed by atoms with Crippen molar-refractivity contribution in [3.8, 4) is 16.2 Å². The first-order valence-corrected chi connectivity index (χ1v) is 10.9. The summed E-state index contributed by atoms with van der Waals surface area (Å²) in [7, 11) is 5.27. The average molecular weight is 566 g/mol. The fraction of sp³-hybridized carbons (Fsp3) is 0.318. The Morgan fingerprint density at radius 1 is 1.22 bits per heavy atom.